The third-order valence-electron chi connectivity index (χ3n) is 5.12. The lowest BCUT2D eigenvalue weighted by molar-refractivity contribution is -0.159. The topological polar surface area (TPSA) is 75.7 Å². The number of carbonyl (C=O) groups is 3. The van der Waals surface area contributed by atoms with Crippen LogP contribution in [0.1, 0.15) is 33.1 Å². The van der Waals surface area contributed by atoms with Crippen molar-refractivity contribution in [2.45, 2.75) is 39.2 Å². The van der Waals surface area contributed by atoms with E-state index < -0.39 is 12.1 Å². The molecule has 0 bridgehead atoms. The quantitative estimate of drug-likeness (QED) is 0.805. The first-order valence-corrected chi connectivity index (χ1v) is 9.76. The van der Waals surface area contributed by atoms with E-state index in [4.69, 9.17) is 4.74 Å². The molecule has 2 amide bonds. The number of benzene rings is 2. The van der Waals surface area contributed by atoms with Crippen LogP contribution in [0.25, 0.3) is 10.8 Å². The van der Waals surface area contributed by atoms with Crippen molar-refractivity contribution in [1.29, 1.82) is 0 Å². The maximum Gasteiger partial charge on any atom is 0.311 e. The zero-order valence-electron chi connectivity index (χ0n) is 16.3. The minimum Gasteiger partial charge on any atom is -0.452 e. The molecule has 1 N–H and O–H groups in total. The Labute approximate surface area is 164 Å². The first-order chi connectivity index (χ1) is 13.5. The van der Waals surface area contributed by atoms with Gasteiger partial charge in [-0.15, -0.1) is 0 Å². The molecule has 0 aliphatic carbocycles. The number of hydrogen-bond acceptors (Lipinski definition) is 4. The molecule has 0 radical (unpaired) electrons. The number of nitrogens with zero attached hydrogens (tertiary/aromatic N) is 1. The SMILES string of the molecule is CCC(=O)N1CCCC(C(=O)OC(C)C(=O)Nc2cccc3ccccc23)C1. The summed E-state index contributed by atoms with van der Waals surface area (Å²) in [5.74, 6) is -1.13. The molecule has 6 heteroatoms. The Bertz CT molecular complexity index is 874. The molecule has 2 atom stereocenters. The molecule has 0 saturated carbocycles. The van der Waals surface area contributed by atoms with Crippen LogP contribution in [0.5, 0.6) is 0 Å². The van der Waals surface area contributed by atoms with Gasteiger partial charge in [-0.1, -0.05) is 43.3 Å². The molecule has 6 nitrogen and oxygen atoms in total. The van der Waals surface area contributed by atoms with Crippen molar-refractivity contribution in [2.24, 2.45) is 5.92 Å². The molecule has 0 spiro atoms. The number of anilines is 1. The van der Waals surface area contributed by atoms with Crippen molar-refractivity contribution in [2.75, 3.05) is 18.4 Å². The van der Waals surface area contributed by atoms with Crippen molar-refractivity contribution in [3.05, 3.63) is 42.5 Å². The normalized spacial score (nSPS) is 17.8. The van der Waals surface area contributed by atoms with Crippen LogP contribution in [-0.2, 0) is 19.1 Å². The molecule has 0 aromatic heterocycles. The van der Waals surface area contributed by atoms with E-state index in [-0.39, 0.29) is 17.7 Å². The number of rotatable bonds is 5. The molecular formula is C22H26N2O4. The lowest BCUT2D eigenvalue weighted by atomic mass is 9.98. The van der Waals surface area contributed by atoms with Crippen LogP contribution >= 0.6 is 0 Å². The highest BCUT2D eigenvalue weighted by molar-refractivity contribution is 6.03. The van der Waals surface area contributed by atoms with Gasteiger partial charge < -0.3 is 15.0 Å². The van der Waals surface area contributed by atoms with Crippen LogP contribution in [0.15, 0.2) is 42.5 Å². The van der Waals surface area contributed by atoms with E-state index in [9.17, 15) is 14.4 Å². The number of amides is 2. The van der Waals surface area contributed by atoms with Crippen molar-refractivity contribution in [3.63, 3.8) is 0 Å². The molecule has 1 aliphatic heterocycles. The number of carbonyl (C=O) groups excluding carboxylic acids is 3. The third kappa shape index (κ3) is 4.50. The molecule has 1 heterocycles. The van der Waals surface area contributed by atoms with Gasteiger partial charge in [0.15, 0.2) is 6.10 Å². The second-order valence-corrected chi connectivity index (χ2v) is 7.13. The number of piperidine rings is 1. The summed E-state index contributed by atoms with van der Waals surface area (Å²) in [7, 11) is 0. The lowest BCUT2D eigenvalue weighted by Gasteiger charge is -2.31. The Morgan fingerprint density at radius 2 is 1.93 bits per heavy atom. The first kappa shape index (κ1) is 19.9. The highest BCUT2D eigenvalue weighted by Gasteiger charge is 2.31. The molecule has 3 rings (SSSR count). The molecule has 1 aliphatic rings. The maximum atomic E-state index is 12.5. The van der Waals surface area contributed by atoms with Crippen molar-refractivity contribution >= 4 is 34.2 Å². The van der Waals surface area contributed by atoms with Crippen LogP contribution < -0.4 is 5.32 Å². The average molecular weight is 382 g/mol. The molecule has 28 heavy (non-hydrogen) atoms. The monoisotopic (exact) mass is 382 g/mol. The second kappa shape index (κ2) is 8.87. The van der Waals surface area contributed by atoms with Crippen LogP contribution in [0.4, 0.5) is 5.69 Å². The van der Waals surface area contributed by atoms with Gasteiger partial charge in [0.25, 0.3) is 5.91 Å². The van der Waals surface area contributed by atoms with Crippen molar-refractivity contribution in [3.8, 4) is 0 Å². The van der Waals surface area contributed by atoms with E-state index in [0.717, 1.165) is 17.2 Å². The summed E-state index contributed by atoms with van der Waals surface area (Å²) in [6, 6.07) is 13.4. The minimum absolute atomic E-state index is 0.0410. The Kier molecular flexibility index (Phi) is 6.29. The number of likely N-dealkylation sites (tertiary alicyclic amines) is 1. The van der Waals surface area contributed by atoms with Crippen molar-refractivity contribution in [1.82, 2.24) is 4.90 Å². The van der Waals surface area contributed by atoms with Gasteiger partial charge in [-0.2, -0.15) is 0 Å². The van der Waals surface area contributed by atoms with Gasteiger partial charge in [0.05, 0.1) is 5.92 Å². The standard InChI is InChI=1S/C22H26N2O4/c1-3-20(25)24-13-7-10-17(14-24)22(27)28-15(2)21(26)23-19-12-6-9-16-8-4-5-11-18(16)19/h4-6,8-9,11-12,15,17H,3,7,10,13-14H2,1-2H3,(H,23,26). The van der Waals surface area contributed by atoms with Crippen LogP contribution in [0.2, 0.25) is 0 Å². The highest BCUT2D eigenvalue weighted by Crippen LogP contribution is 2.24. The Hall–Kier alpha value is -2.89. The molecular weight excluding hydrogens is 356 g/mol. The molecule has 148 valence electrons. The number of esters is 1. The second-order valence-electron chi connectivity index (χ2n) is 7.13. The zero-order chi connectivity index (χ0) is 20.1. The average Bonchev–Trinajstić information content (AvgIpc) is 2.73. The predicted octanol–water partition coefficient (Wildman–Crippen LogP) is 3.36. The summed E-state index contributed by atoms with van der Waals surface area (Å²) in [6.07, 6.45) is 0.946. The first-order valence-electron chi connectivity index (χ1n) is 9.76. The van der Waals surface area contributed by atoms with Gasteiger partial charge in [0, 0.05) is 30.6 Å². The number of fused-ring (bicyclic) bond motifs is 1. The summed E-state index contributed by atoms with van der Waals surface area (Å²) < 4.78 is 5.41. The van der Waals surface area contributed by atoms with E-state index in [0.29, 0.717) is 31.6 Å². The molecule has 2 aromatic carbocycles. The zero-order valence-corrected chi connectivity index (χ0v) is 16.3. The fourth-order valence-corrected chi connectivity index (χ4v) is 3.51. The van der Waals surface area contributed by atoms with Gasteiger partial charge in [0.2, 0.25) is 5.91 Å². The van der Waals surface area contributed by atoms with E-state index >= 15 is 0 Å². The molecule has 1 fully saturated rings. The molecule has 1 saturated heterocycles. The summed E-state index contributed by atoms with van der Waals surface area (Å²) in [5, 5.41) is 4.80. The number of nitrogens with one attached hydrogen (secondary N) is 1. The number of ether oxygens (including phenoxy) is 1. The summed E-state index contributed by atoms with van der Waals surface area (Å²) in [4.78, 5) is 38.6. The Morgan fingerprint density at radius 1 is 1.18 bits per heavy atom. The van der Waals surface area contributed by atoms with E-state index in [1.165, 1.54) is 0 Å². The van der Waals surface area contributed by atoms with Gasteiger partial charge >= 0.3 is 5.97 Å². The van der Waals surface area contributed by atoms with Gasteiger partial charge in [-0.05, 0) is 31.2 Å². The fourth-order valence-electron chi connectivity index (χ4n) is 3.51. The fraction of sp³-hybridized carbons (Fsp3) is 0.409. The molecule has 2 aromatic rings. The largest absolute Gasteiger partial charge is 0.452 e. The predicted molar refractivity (Wildman–Crippen MR) is 108 cm³/mol. The van der Waals surface area contributed by atoms with Crippen LogP contribution in [-0.4, -0.2) is 41.9 Å². The Morgan fingerprint density at radius 3 is 2.71 bits per heavy atom. The van der Waals surface area contributed by atoms with Gasteiger partial charge in [-0.3, -0.25) is 14.4 Å². The summed E-state index contributed by atoms with van der Waals surface area (Å²) in [6.45, 7) is 4.41. The third-order valence-corrected chi connectivity index (χ3v) is 5.12. The minimum atomic E-state index is -0.913. The number of hydrogen-bond donors (Lipinski definition) is 1. The maximum absolute atomic E-state index is 12.5. The summed E-state index contributed by atoms with van der Waals surface area (Å²) >= 11 is 0. The van der Waals surface area contributed by atoms with Crippen molar-refractivity contribution < 1.29 is 19.1 Å². The van der Waals surface area contributed by atoms with E-state index in [2.05, 4.69) is 5.32 Å². The molecule has 2 unspecified atom stereocenters. The van der Waals surface area contributed by atoms with Gasteiger partial charge in [0.1, 0.15) is 0 Å². The highest BCUT2D eigenvalue weighted by atomic mass is 16.5. The van der Waals surface area contributed by atoms with E-state index in [1.807, 2.05) is 49.4 Å². The van der Waals surface area contributed by atoms with Gasteiger partial charge in [-0.25, -0.2) is 0 Å². The Balaban J connectivity index is 1.60. The smallest absolute Gasteiger partial charge is 0.311 e. The van der Waals surface area contributed by atoms with E-state index in [1.54, 1.807) is 11.8 Å². The lowest BCUT2D eigenvalue weighted by Crippen LogP contribution is -2.43. The summed E-state index contributed by atoms with van der Waals surface area (Å²) in [5.41, 5.74) is 0.684. The van der Waals surface area contributed by atoms with Crippen LogP contribution in [0.3, 0.4) is 0 Å². The van der Waals surface area contributed by atoms with Crippen LogP contribution in [0, 0.1) is 5.92 Å².